The number of amides is 2. The van der Waals surface area contributed by atoms with Gasteiger partial charge in [-0.1, -0.05) is 12.0 Å². The summed E-state index contributed by atoms with van der Waals surface area (Å²) in [7, 11) is 1.62. The third kappa shape index (κ3) is 6.25. The smallest absolute Gasteiger partial charge is 0.323 e. The van der Waals surface area contributed by atoms with Crippen LogP contribution in [0.1, 0.15) is 12.8 Å². The van der Waals surface area contributed by atoms with Gasteiger partial charge < -0.3 is 14.9 Å². The molecule has 0 fully saturated rings. The molecule has 0 rings (SSSR count). The van der Waals surface area contributed by atoms with E-state index < -0.39 is 5.97 Å². The molecule has 0 aliphatic heterocycles. The van der Waals surface area contributed by atoms with Gasteiger partial charge >= 0.3 is 12.0 Å². The number of hydrogen-bond donors (Lipinski definition) is 1. The highest BCUT2D eigenvalue weighted by molar-refractivity contribution is 5.80. The van der Waals surface area contributed by atoms with Gasteiger partial charge in [0.1, 0.15) is 6.54 Å². The van der Waals surface area contributed by atoms with Gasteiger partial charge in [0.2, 0.25) is 0 Å². The number of nitrogens with zero attached hydrogens (tertiary/aromatic N) is 2. The Hall–Kier alpha value is -1.96. The van der Waals surface area contributed by atoms with E-state index in [4.69, 9.17) is 11.5 Å². The molecule has 0 aromatic carbocycles. The first kappa shape index (κ1) is 15.0. The van der Waals surface area contributed by atoms with Gasteiger partial charge in [-0.15, -0.1) is 13.0 Å². The summed E-state index contributed by atoms with van der Waals surface area (Å²) in [6.07, 6.45) is 8.47. The molecule has 94 valence electrons. The van der Waals surface area contributed by atoms with Gasteiger partial charge in [0.15, 0.2) is 0 Å². The Balaban J connectivity index is 4.33. The summed E-state index contributed by atoms with van der Waals surface area (Å²) in [5, 5.41) is 8.66. The van der Waals surface area contributed by atoms with E-state index in [1.54, 1.807) is 13.1 Å². The van der Waals surface area contributed by atoms with E-state index in [-0.39, 0.29) is 19.1 Å². The first-order chi connectivity index (χ1) is 8.02. The Morgan fingerprint density at radius 2 is 2.18 bits per heavy atom. The van der Waals surface area contributed by atoms with Crippen LogP contribution in [-0.4, -0.2) is 53.6 Å². The predicted octanol–water partition coefficient (Wildman–Crippen LogP) is 1.02. The van der Waals surface area contributed by atoms with Crippen molar-refractivity contribution in [3.63, 3.8) is 0 Å². The van der Waals surface area contributed by atoms with Crippen LogP contribution in [0.4, 0.5) is 4.79 Å². The molecule has 0 saturated heterocycles. The monoisotopic (exact) mass is 238 g/mol. The maximum atomic E-state index is 11.8. The molecular weight excluding hydrogens is 220 g/mol. The lowest BCUT2D eigenvalue weighted by Gasteiger charge is -2.25. The van der Waals surface area contributed by atoms with Gasteiger partial charge in [-0.05, 0) is 12.8 Å². The maximum absolute atomic E-state index is 11.8. The molecule has 2 amide bonds. The van der Waals surface area contributed by atoms with Crippen LogP contribution in [-0.2, 0) is 4.79 Å². The van der Waals surface area contributed by atoms with Crippen LogP contribution in [0.25, 0.3) is 0 Å². The van der Waals surface area contributed by atoms with E-state index in [1.807, 2.05) is 0 Å². The fourth-order valence-corrected chi connectivity index (χ4v) is 1.27. The highest BCUT2D eigenvalue weighted by Gasteiger charge is 2.18. The van der Waals surface area contributed by atoms with Crippen molar-refractivity contribution in [2.75, 3.05) is 26.7 Å². The number of carboxylic acid groups (broad SMARTS) is 1. The van der Waals surface area contributed by atoms with Crippen molar-refractivity contribution in [3.8, 4) is 12.3 Å². The minimum atomic E-state index is -1.08. The molecule has 17 heavy (non-hydrogen) atoms. The molecule has 0 aromatic rings. The predicted molar refractivity (Wildman–Crippen MR) is 65.5 cm³/mol. The maximum Gasteiger partial charge on any atom is 0.323 e. The topological polar surface area (TPSA) is 60.9 Å². The lowest BCUT2D eigenvalue weighted by atomic mass is 10.3. The Labute approximate surface area is 102 Å². The van der Waals surface area contributed by atoms with Crippen LogP contribution in [0.2, 0.25) is 0 Å². The highest BCUT2D eigenvalue weighted by atomic mass is 16.4. The number of unbranched alkanes of at least 4 members (excludes halogenated alkanes) is 1. The fourth-order valence-electron chi connectivity index (χ4n) is 1.27. The quantitative estimate of drug-likeness (QED) is 0.409. The van der Waals surface area contributed by atoms with Crippen molar-refractivity contribution in [1.82, 2.24) is 9.80 Å². The van der Waals surface area contributed by atoms with Gasteiger partial charge in [-0.25, -0.2) is 4.79 Å². The molecule has 0 unspecified atom stereocenters. The van der Waals surface area contributed by atoms with Gasteiger partial charge in [-0.3, -0.25) is 4.79 Å². The van der Waals surface area contributed by atoms with Gasteiger partial charge in [0, 0.05) is 13.6 Å². The second kappa shape index (κ2) is 8.22. The van der Waals surface area contributed by atoms with Crippen molar-refractivity contribution < 1.29 is 14.7 Å². The first-order valence-electron chi connectivity index (χ1n) is 5.29. The molecule has 1 N–H and O–H groups in total. The Kier molecular flexibility index (Phi) is 7.27. The van der Waals surface area contributed by atoms with Crippen LogP contribution in [0.3, 0.4) is 0 Å². The average Bonchev–Trinajstić information content (AvgIpc) is 2.27. The van der Waals surface area contributed by atoms with E-state index in [9.17, 15) is 9.59 Å². The van der Waals surface area contributed by atoms with Crippen molar-refractivity contribution in [2.24, 2.45) is 0 Å². The minimum absolute atomic E-state index is 0.00304. The number of terminal acetylenes is 1. The van der Waals surface area contributed by atoms with Crippen LogP contribution < -0.4 is 0 Å². The van der Waals surface area contributed by atoms with E-state index in [0.29, 0.717) is 6.54 Å². The molecule has 0 aliphatic rings. The molecule has 0 atom stereocenters. The molecule has 0 heterocycles. The van der Waals surface area contributed by atoms with E-state index in [2.05, 4.69) is 12.5 Å². The van der Waals surface area contributed by atoms with Crippen molar-refractivity contribution in [1.29, 1.82) is 0 Å². The Bertz CT molecular complexity index is 320. The zero-order chi connectivity index (χ0) is 13.3. The highest BCUT2D eigenvalue weighted by Crippen LogP contribution is 2.00. The molecule has 5 heteroatoms. The van der Waals surface area contributed by atoms with Crippen LogP contribution in [0.15, 0.2) is 12.7 Å². The standard InChI is InChI=1S/C12H18N2O3/c1-4-6-7-9-13(3)12(17)14(8-5-2)10-11(15)16/h2,4H,1,6-10H2,3H3,(H,15,16). The van der Waals surface area contributed by atoms with Crippen LogP contribution in [0, 0.1) is 12.3 Å². The Morgan fingerprint density at radius 3 is 2.65 bits per heavy atom. The zero-order valence-electron chi connectivity index (χ0n) is 10.1. The molecule has 0 bridgehead atoms. The van der Waals surface area contributed by atoms with Gasteiger partial charge in [0.05, 0.1) is 6.54 Å². The fraction of sp³-hybridized carbons (Fsp3) is 0.500. The average molecular weight is 238 g/mol. The van der Waals surface area contributed by atoms with Crippen molar-refractivity contribution >= 4 is 12.0 Å². The molecule has 0 spiro atoms. The van der Waals surface area contributed by atoms with E-state index >= 15 is 0 Å². The first-order valence-corrected chi connectivity index (χ1v) is 5.29. The number of allylic oxidation sites excluding steroid dienone is 1. The lowest BCUT2D eigenvalue weighted by molar-refractivity contribution is -0.137. The summed E-state index contributed by atoms with van der Waals surface area (Å²) in [5.41, 5.74) is 0. The molecule has 0 radical (unpaired) electrons. The molecule has 0 saturated carbocycles. The summed E-state index contributed by atoms with van der Waals surface area (Å²) in [4.78, 5) is 25.0. The van der Waals surface area contributed by atoms with Crippen LogP contribution in [0.5, 0.6) is 0 Å². The number of carbonyl (C=O) groups is 2. The van der Waals surface area contributed by atoms with Crippen molar-refractivity contribution in [3.05, 3.63) is 12.7 Å². The second-order valence-corrected chi connectivity index (χ2v) is 3.59. The third-order valence-electron chi connectivity index (χ3n) is 2.11. The molecule has 0 aliphatic carbocycles. The summed E-state index contributed by atoms with van der Waals surface area (Å²) >= 11 is 0. The van der Waals surface area contributed by atoms with Gasteiger partial charge in [-0.2, -0.15) is 0 Å². The van der Waals surface area contributed by atoms with Crippen LogP contribution >= 0.6 is 0 Å². The van der Waals surface area contributed by atoms with E-state index in [1.165, 1.54) is 4.90 Å². The lowest BCUT2D eigenvalue weighted by Crippen LogP contribution is -2.44. The Morgan fingerprint density at radius 1 is 1.53 bits per heavy atom. The summed E-state index contributed by atoms with van der Waals surface area (Å²) in [5.74, 6) is 1.20. The SMILES string of the molecule is C#CCN(CC(=O)O)C(=O)N(C)CCCC=C. The zero-order valence-corrected chi connectivity index (χ0v) is 10.1. The summed E-state index contributed by atoms with van der Waals surface area (Å²) < 4.78 is 0. The van der Waals surface area contributed by atoms with Gasteiger partial charge in [0.25, 0.3) is 0 Å². The normalized spacial score (nSPS) is 9.18. The number of carbonyl (C=O) groups excluding carboxylic acids is 1. The van der Waals surface area contributed by atoms with Crippen molar-refractivity contribution in [2.45, 2.75) is 12.8 Å². The third-order valence-corrected chi connectivity index (χ3v) is 2.11. The van der Waals surface area contributed by atoms with E-state index in [0.717, 1.165) is 17.7 Å². The number of carboxylic acids is 1. The number of urea groups is 1. The second-order valence-electron chi connectivity index (χ2n) is 3.59. The number of rotatable bonds is 7. The number of aliphatic carboxylic acids is 1. The molecular formula is C12H18N2O3. The molecule has 0 aromatic heterocycles. The largest absolute Gasteiger partial charge is 0.480 e. The minimum Gasteiger partial charge on any atom is -0.480 e. The molecule has 5 nitrogen and oxygen atoms in total. The number of hydrogen-bond acceptors (Lipinski definition) is 2. The summed E-state index contributed by atoms with van der Waals surface area (Å²) in [6.45, 7) is 3.75. The summed E-state index contributed by atoms with van der Waals surface area (Å²) in [6, 6.07) is -0.366.